The quantitative estimate of drug-likeness (QED) is 0.488. The van der Waals surface area contributed by atoms with Crippen LogP contribution >= 0.6 is 0 Å². The van der Waals surface area contributed by atoms with Crippen molar-refractivity contribution in [2.75, 3.05) is 0 Å². The predicted octanol–water partition coefficient (Wildman–Crippen LogP) is 2.86. The number of nitrogens with zero attached hydrogens (tertiary/aromatic N) is 2. The van der Waals surface area contributed by atoms with E-state index in [4.69, 9.17) is 0 Å². The van der Waals surface area contributed by atoms with E-state index in [9.17, 15) is 19.3 Å². The Morgan fingerprint density at radius 3 is 2.80 bits per heavy atom. The first-order chi connectivity index (χ1) is 9.49. The highest BCUT2D eigenvalue weighted by atomic mass is 19.1. The first-order valence-electron chi connectivity index (χ1n) is 5.86. The minimum Gasteiger partial charge on any atom is -0.293 e. The lowest BCUT2D eigenvalue weighted by atomic mass is 10.0. The average Bonchev–Trinajstić information content (AvgIpc) is 2.40. The van der Waals surface area contributed by atoms with Crippen LogP contribution in [-0.4, -0.2) is 15.7 Å². The van der Waals surface area contributed by atoms with E-state index in [2.05, 4.69) is 4.98 Å². The summed E-state index contributed by atoms with van der Waals surface area (Å²) in [5.74, 6) is -1.21. The van der Waals surface area contributed by atoms with Crippen LogP contribution in [0.2, 0.25) is 0 Å². The summed E-state index contributed by atoms with van der Waals surface area (Å²) in [6, 6.07) is 6.36. The third kappa shape index (κ3) is 2.85. The summed E-state index contributed by atoms with van der Waals surface area (Å²) in [5, 5.41) is 10.9. The first-order valence-corrected chi connectivity index (χ1v) is 5.86. The van der Waals surface area contributed by atoms with E-state index in [0.29, 0.717) is 5.69 Å². The lowest BCUT2D eigenvalue weighted by Gasteiger charge is -2.05. The number of rotatable bonds is 4. The van der Waals surface area contributed by atoms with Crippen LogP contribution in [0.5, 0.6) is 0 Å². The van der Waals surface area contributed by atoms with Crippen LogP contribution in [0, 0.1) is 22.9 Å². The number of nitro benzene ring substituents is 1. The van der Waals surface area contributed by atoms with E-state index in [1.54, 1.807) is 19.1 Å². The molecule has 2 aromatic rings. The van der Waals surface area contributed by atoms with Crippen molar-refractivity contribution in [3.8, 4) is 0 Å². The molecule has 0 aliphatic rings. The number of hydrogen-bond acceptors (Lipinski definition) is 4. The third-order valence-electron chi connectivity index (χ3n) is 2.90. The number of pyridine rings is 1. The summed E-state index contributed by atoms with van der Waals surface area (Å²) < 4.78 is 13.2. The molecule has 0 spiro atoms. The highest BCUT2D eigenvalue weighted by Crippen LogP contribution is 2.21. The van der Waals surface area contributed by atoms with Gasteiger partial charge in [-0.25, -0.2) is 4.39 Å². The number of benzene rings is 1. The van der Waals surface area contributed by atoms with Gasteiger partial charge in [0.1, 0.15) is 5.82 Å². The molecule has 102 valence electrons. The number of carbonyl (C=O) groups excluding carboxylic acids is 1. The molecule has 1 aromatic carbocycles. The molecule has 0 fully saturated rings. The molecule has 0 radical (unpaired) electrons. The van der Waals surface area contributed by atoms with Crippen LogP contribution in [0.1, 0.15) is 21.6 Å². The van der Waals surface area contributed by atoms with Gasteiger partial charge in [0, 0.05) is 12.3 Å². The standard InChI is InChI=1S/C14H11FN2O3/c1-9-3-2-6-16-12(9)8-14(18)11-7-10(15)4-5-13(11)17(19)20/h2-7H,8H2,1H3. The van der Waals surface area contributed by atoms with Gasteiger partial charge in [-0.15, -0.1) is 0 Å². The maximum absolute atomic E-state index is 13.2. The summed E-state index contributed by atoms with van der Waals surface area (Å²) >= 11 is 0. The number of ketones is 1. The van der Waals surface area contributed by atoms with Crippen LogP contribution in [0.25, 0.3) is 0 Å². The van der Waals surface area contributed by atoms with Gasteiger partial charge >= 0.3 is 0 Å². The lowest BCUT2D eigenvalue weighted by Crippen LogP contribution is -2.09. The molecule has 0 aliphatic heterocycles. The predicted molar refractivity (Wildman–Crippen MR) is 70.1 cm³/mol. The van der Waals surface area contributed by atoms with E-state index >= 15 is 0 Å². The van der Waals surface area contributed by atoms with Crippen molar-refractivity contribution in [2.24, 2.45) is 0 Å². The van der Waals surface area contributed by atoms with Gasteiger partial charge in [-0.3, -0.25) is 19.9 Å². The minimum absolute atomic E-state index is 0.100. The van der Waals surface area contributed by atoms with Gasteiger partial charge in [0.25, 0.3) is 5.69 Å². The van der Waals surface area contributed by atoms with E-state index in [1.807, 2.05) is 0 Å². The fraction of sp³-hybridized carbons (Fsp3) is 0.143. The fourth-order valence-corrected chi connectivity index (χ4v) is 1.84. The molecule has 1 heterocycles. The number of aryl methyl sites for hydroxylation is 1. The summed E-state index contributed by atoms with van der Waals surface area (Å²) in [6.07, 6.45) is 1.44. The van der Waals surface area contributed by atoms with Crippen molar-refractivity contribution >= 4 is 11.5 Å². The number of nitro groups is 1. The maximum Gasteiger partial charge on any atom is 0.280 e. The second-order valence-electron chi connectivity index (χ2n) is 4.29. The van der Waals surface area contributed by atoms with Crippen molar-refractivity contribution in [1.82, 2.24) is 4.98 Å². The van der Waals surface area contributed by atoms with Gasteiger partial charge in [-0.05, 0) is 30.7 Å². The highest BCUT2D eigenvalue weighted by Gasteiger charge is 2.21. The van der Waals surface area contributed by atoms with Crippen molar-refractivity contribution in [2.45, 2.75) is 13.3 Å². The van der Waals surface area contributed by atoms with Crippen molar-refractivity contribution in [3.05, 3.63) is 69.3 Å². The Morgan fingerprint density at radius 2 is 2.15 bits per heavy atom. The Balaban J connectivity index is 2.37. The van der Waals surface area contributed by atoms with Crippen LogP contribution in [0.4, 0.5) is 10.1 Å². The molecule has 0 saturated carbocycles. The molecule has 5 nitrogen and oxygen atoms in total. The molecule has 20 heavy (non-hydrogen) atoms. The molecule has 0 aliphatic carbocycles. The second-order valence-corrected chi connectivity index (χ2v) is 4.29. The molecule has 2 rings (SSSR count). The largest absolute Gasteiger partial charge is 0.293 e. The Bertz CT molecular complexity index is 686. The van der Waals surface area contributed by atoms with Crippen LogP contribution in [0.3, 0.4) is 0 Å². The molecule has 1 aromatic heterocycles. The Hall–Kier alpha value is -2.63. The van der Waals surface area contributed by atoms with Gasteiger partial charge < -0.3 is 0 Å². The third-order valence-corrected chi connectivity index (χ3v) is 2.90. The molecule has 6 heteroatoms. The van der Waals surface area contributed by atoms with Crippen molar-refractivity contribution < 1.29 is 14.1 Å². The number of halogens is 1. The summed E-state index contributed by atoms with van der Waals surface area (Å²) in [7, 11) is 0. The van der Waals surface area contributed by atoms with Gasteiger partial charge in [-0.1, -0.05) is 6.07 Å². The smallest absolute Gasteiger partial charge is 0.280 e. The molecule has 0 unspecified atom stereocenters. The SMILES string of the molecule is Cc1cccnc1CC(=O)c1cc(F)ccc1[N+](=O)[O-]. The van der Waals surface area contributed by atoms with Crippen molar-refractivity contribution in [1.29, 1.82) is 0 Å². The van der Waals surface area contributed by atoms with Crippen LogP contribution in [0.15, 0.2) is 36.5 Å². The number of hydrogen-bond donors (Lipinski definition) is 0. The van der Waals surface area contributed by atoms with Gasteiger partial charge in [0.05, 0.1) is 22.6 Å². The molecule has 0 saturated heterocycles. The maximum atomic E-state index is 13.2. The Morgan fingerprint density at radius 1 is 1.40 bits per heavy atom. The summed E-state index contributed by atoms with van der Waals surface area (Å²) in [4.78, 5) is 26.4. The average molecular weight is 274 g/mol. The van der Waals surface area contributed by atoms with Crippen molar-refractivity contribution in [3.63, 3.8) is 0 Å². The first kappa shape index (κ1) is 13.8. The Labute approximate surface area is 114 Å². The molecular formula is C14H11FN2O3. The van der Waals surface area contributed by atoms with E-state index < -0.39 is 22.2 Å². The van der Waals surface area contributed by atoms with Crippen LogP contribution in [-0.2, 0) is 6.42 Å². The van der Waals surface area contributed by atoms with E-state index in [1.165, 1.54) is 6.20 Å². The van der Waals surface area contributed by atoms with Gasteiger partial charge in [0.15, 0.2) is 5.78 Å². The topological polar surface area (TPSA) is 73.1 Å². The Kier molecular flexibility index (Phi) is 3.84. The zero-order chi connectivity index (χ0) is 14.7. The zero-order valence-electron chi connectivity index (χ0n) is 10.7. The molecular weight excluding hydrogens is 263 g/mol. The monoisotopic (exact) mass is 274 g/mol. The van der Waals surface area contributed by atoms with Gasteiger partial charge in [0.2, 0.25) is 0 Å². The van der Waals surface area contributed by atoms with Gasteiger partial charge in [-0.2, -0.15) is 0 Å². The minimum atomic E-state index is -0.696. The highest BCUT2D eigenvalue weighted by molar-refractivity contribution is 6.01. The number of Topliss-reactive ketones (excluding diaryl/α,β-unsaturated/α-hetero) is 1. The van der Waals surface area contributed by atoms with E-state index in [0.717, 1.165) is 23.8 Å². The zero-order valence-corrected chi connectivity index (χ0v) is 10.7. The lowest BCUT2D eigenvalue weighted by molar-refractivity contribution is -0.385. The number of aromatic nitrogens is 1. The summed E-state index contributed by atoms with van der Waals surface area (Å²) in [5.41, 5.74) is 0.695. The molecule has 0 bridgehead atoms. The summed E-state index contributed by atoms with van der Waals surface area (Å²) in [6.45, 7) is 1.79. The second kappa shape index (κ2) is 5.56. The van der Waals surface area contributed by atoms with E-state index in [-0.39, 0.29) is 12.0 Å². The number of carbonyl (C=O) groups is 1. The molecule has 0 atom stereocenters. The molecule has 0 N–H and O–H groups in total. The fourth-order valence-electron chi connectivity index (χ4n) is 1.84. The molecule has 0 amide bonds. The van der Waals surface area contributed by atoms with Crippen LogP contribution < -0.4 is 0 Å². The normalized spacial score (nSPS) is 10.3.